The first-order valence-corrected chi connectivity index (χ1v) is 7.87. The van der Waals surface area contributed by atoms with E-state index >= 15 is 0 Å². The van der Waals surface area contributed by atoms with Crippen molar-refractivity contribution in [1.29, 1.82) is 5.26 Å². The molecule has 1 aliphatic rings. The van der Waals surface area contributed by atoms with Gasteiger partial charge in [-0.1, -0.05) is 0 Å². The van der Waals surface area contributed by atoms with E-state index in [9.17, 15) is 20.2 Å². The molecule has 1 N–H and O–H groups in total. The van der Waals surface area contributed by atoms with Gasteiger partial charge in [0.05, 0.1) is 10.5 Å². The van der Waals surface area contributed by atoms with E-state index in [0.29, 0.717) is 10.6 Å². The molecule has 9 heteroatoms. The minimum absolute atomic E-state index is 0.169. The molecule has 0 spiro atoms. The highest BCUT2D eigenvalue weighted by Gasteiger charge is 2.25. The summed E-state index contributed by atoms with van der Waals surface area (Å²) in [5, 5.41) is 27.1. The zero-order valence-electron chi connectivity index (χ0n) is 12.3. The van der Waals surface area contributed by atoms with Crippen molar-refractivity contribution < 1.29 is 9.72 Å². The van der Waals surface area contributed by atoms with Gasteiger partial charge in [-0.3, -0.25) is 19.6 Å². The number of hydrogen-bond donors (Lipinski definition) is 1. The zero-order valence-corrected chi connectivity index (χ0v) is 13.1. The Morgan fingerprint density at radius 2 is 2.39 bits per heavy atom. The molecule has 2 aromatic rings. The molecular formula is C14H13N5O3S. The maximum Gasteiger partial charge on any atom is 0.307 e. The van der Waals surface area contributed by atoms with Crippen molar-refractivity contribution in [2.75, 3.05) is 5.32 Å². The predicted octanol–water partition coefficient (Wildman–Crippen LogP) is 2.41. The van der Waals surface area contributed by atoms with Crippen LogP contribution in [0, 0.1) is 21.4 Å². The number of nitro groups is 1. The topological polar surface area (TPSA) is 114 Å². The highest BCUT2D eigenvalue weighted by molar-refractivity contribution is 7.16. The van der Waals surface area contributed by atoms with Crippen molar-refractivity contribution in [3.8, 4) is 6.07 Å². The van der Waals surface area contributed by atoms with Crippen LogP contribution in [-0.2, 0) is 17.6 Å². The van der Waals surface area contributed by atoms with E-state index in [0.717, 1.165) is 35.9 Å². The van der Waals surface area contributed by atoms with Crippen LogP contribution in [0.1, 0.15) is 35.4 Å². The Hall–Kier alpha value is -2.73. The summed E-state index contributed by atoms with van der Waals surface area (Å²) in [5.41, 5.74) is 1.40. The second-order valence-corrected chi connectivity index (χ2v) is 6.38. The van der Waals surface area contributed by atoms with Crippen molar-refractivity contribution in [2.24, 2.45) is 0 Å². The molecule has 0 unspecified atom stereocenters. The van der Waals surface area contributed by atoms with Gasteiger partial charge in [0.2, 0.25) is 5.91 Å². The second-order valence-electron chi connectivity index (χ2n) is 5.27. The molecule has 0 saturated heterocycles. The maximum absolute atomic E-state index is 12.3. The van der Waals surface area contributed by atoms with E-state index in [4.69, 9.17) is 0 Å². The summed E-state index contributed by atoms with van der Waals surface area (Å²) >= 11 is 1.43. The van der Waals surface area contributed by atoms with Gasteiger partial charge in [-0.05, 0) is 31.7 Å². The largest absolute Gasteiger partial charge is 0.315 e. The van der Waals surface area contributed by atoms with Crippen molar-refractivity contribution in [2.45, 2.75) is 32.2 Å². The molecule has 1 aliphatic carbocycles. The number of nitriles is 1. The smallest absolute Gasteiger partial charge is 0.307 e. The highest BCUT2D eigenvalue weighted by atomic mass is 32.1. The molecule has 0 saturated carbocycles. The Bertz CT molecular complexity index is 832. The van der Waals surface area contributed by atoms with Crippen LogP contribution in [0.5, 0.6) is 0 Å². The molecule has 0 radical (unpaired) electrons. The lowest BCUT2D eigenvalue weighted by Crippen LogP contribution is -2.24. The first kappa shape index (κ1) is 15.2. The summed E-state index contributed by atoms with van der Waals surface area (Å²) in [6, 6.07) is 1.45. The number of anilines is 1. The van der Waals surface area contributed by atoms with E-state index in [1.807, 2.05) is 0 Å². The lowest BCUT2D eigenvalue weighted by molar-refractivity contribution is -0.385. The third-order valence-electron chi connectivity index (χ3n) is 3.84. The van der Waals surface area contributed by atoms with Crippen LogP contribution in [0.3, 0.4) is 0 Å². The van der Waals surface area contributed by atoms with Crippen molar-refractivity contribution in [3.63, 3.8) is 0 Å². The lowest BCUT2D eigenvalue weighted by atomic mass is 10.1. The van der Waals surface area contributed by atoms with Crippen LogP contribution >= 0.6 is 11.3 Å². The minimum atomic E-state index is -0.716. The monoisotopic (exact) mass is 331 g/mol. The zero-order chi connectivity index (χ0) is 16.6. The third-order valence-corrected chi connectivity index (χ3v) is 5.05. The van der Waals surface area contributed by atoms with E-state index < -0.39 is 11.0 Å². The van der Waals surface area contributed by atoms with Gasteiger partial charge in [0.15, 0.2) is 0 Å². The van der Waals surface area contributed by atoms with E-state index in [2.05, 4.69) is 16.5 Å². The molecule has 0 aromatic carbocycles. The van der Waals surface area contributed by atoms with E-state index in [-0.39, 0.29) is 11.6 Å². The number of nitrogens with one attached hydrogen (secondary N) is 1. The molecule has 118 valence electrons. The quantitative estimate of drug-likeness (QED) is 0.682. The number of aromatic nitrogens is 2. The summed E-state index contributed by atoms with van der Waals surface area (Å²) < 4.78 is 1.24. The number of carbonyl (C=O) groups excluding carboxylic acids is 1. The number of thiophene rings is 1. The van der Waals surface area contributed by atoms with E-state index in [1.54, 1.807) is 6.92 Å². The van der Waals surface area contributed by atoms with Gasteiger partial charge in [-0.2, -0.15) is 10.4 Å². The van der Waals surface area contributed by atoms with Crippen LogP contribution in [0.2, 0.25) is 0 Å². The van der Waals surface area contributed by atoms with Crippen molar-refractivity contribution in [1.82, 2.24) is 9.78 Å². The first-order valence-electron chi connectivity index (χ1n) is 7.05. The number of carbonyl (C=O) groups is 1. The summed E-state index contributed by atoms with van der Waals surface area (Å²) in [5.74, 6) is -0.362. The Labute approximate surface area is 135 Å². The molecule has 0 fully saturated rings. The molecule has 0 aliphatic heterocycles. The van der Waals surface area contributed by atoms with Gasteiger partial charge >= 0.3 is 5.69 Å². The molecule has 1 amide bonds. The van der Waals surface area contributed by atoms with Gasteiger partial charge in [-0.25, -0.2) is 0 Å². The molecule has 23 heavy (non-hydrogen) atoms. The second kappa shape index (κ2) is 5.81. The average Bonchev–Trinajstić information content (AvgIpc) is 3.21. The molecule has 0 bridgehead atoms. The minimum Gasteiger partial charge on any atom is -0.315 e. The molecule has 8 nitrogen and oxygen atoms in total. The van der Waals surface area contributed by atoms with Crippen LogP contribution in [0.4, 0.5) is 10.7 Å². The van der Waals surface area contributed by atoms with E-state index in [1.165, 1.54) is 22.2 Å². The first-order chi connectivity index (χ1) is 11.0. The standard InChI is InChI=1S/C14H13N5O3S/c1-8(18-7-9(6-16-18)19(21)22)13(20)17-14-11(5-15)10-3-2-4-12(10)23-14/h6-8H,2-4H2,1H3,(H,17,20)/t8-/m1/s1. The predicted molar refractivity (Wildman–Crippen MR) is 83.3 cm³/mol. The van der Waals surface area contributed by atoms with Crippen molar-refractivity contribution in [3.05, 3.63) is 38.5 Å². The average molecular weight is 331 g/mol. The number of nitrogens with zero attached hydrogens (tertiary/aromatic N) is 4. The summed E-state index contributed by atoms with van der Waals surface area (Å²) in [7, 11) is 0. The lowest BCUT2D eigenvalue weighted by Gasteiger charge is -2.11. The Morgan fingerprint density at radius 1 is 1.61 bits per heavy atom. The van der Waals surface area contributed by atoms with Crippen LogP contribution < -0.4 is 5.32 Å². The number of aryl methyl sites for hydroxylation is 1. The van der Waals surface area contributed by atoms with Gasteiger partial charge in [-0.15, -0.1) is 11.3 Å². The number of amides is 1. The fraction of sp³-hybridized carbons (Fsp3) is 0.357. The SMILES string of the molecule is C[C@H](C(=O)Nc1sc2c(c1C#N)CCC2)n1cc([N+](=O)[O-])cn1. The van der Waals surface area contributed by atoms with Gasteiger partial charge in [0.25, 0.3) is 0 Å². The fourth-order valence-electron chi connectivity index (χ4n) is 2.58. The van der Waals surface area contributed by atoms with Crippen molar-refractivity contribution >= 4 is 27.9 Å². The third kappa shape index (κ3) is 2.68. The number of fused-ring (bicyclic) bond motifs is 1. The Balaban J connectivity index is 1.79. The van der Waals surface area contributed by atoms with Crippen LogP contribution in [0.15, 0.2) is 12.4 Å². The Kier molecular flexibility index (Phi) is 3.83. The molecular weight excluding hydrogens is 318 g/mol. The van der Waals surface area contributed by atoms with Crippen LogP contribution in [0.25, 0.3) is 0 Å². The molecule has 2 heterocycles. The maximum atomic E-state index is 12.3. The summed E-state index contributed by atoms with van der Waals surface area (Å²) in [6.07, 6.45) is 5.16. The van der Waals surface area contributed by atoms with Gasteiger partial charge < -0.3 is 5.32 Å². The number of rotatable bonds is 4. The fourth-order valence-corrected chi connectivity index (χ4v) is 3.82. The number of hydrogen-bond acceptors (Lipinski definition) is 6. The summed E-state index contributed by atoms with van der Waals surface area (Å²) in [4.78, 5) is 23.6. The molecule has 3 rings (SSSR count). The van der Waals surface area contributed by atoms with Gasteiger partial charge in [0, 0.05) is 4.88 Å². The Morgan fingerprint density at radius 3 is 3.04 bits per heavy atom. The van der Waals surface area contributed by atoms with Crippen LogP contribution in [-0.4, -0.2) is 20.6 Å². The summed E-state index contributed by atoms with van der Waals surface area (Å²) in [6.45, 7) is 1.60. The highest BCUT2D eigenvalue weighted by Crippen LogP contribution is 2.38. The molecule has 1 atom stereocenters. The normalized spacial score (nSPS) is 14.1. The van der Waals surface area contributed by atoms with Gasteiger partial charge in [0.1, 0.15) is 29.5 Å². The molecule has 2 aromatic heterocycles.